The average Bonchev–Trinajstić information content (AvgIpc) is 2.83. The number of carbonyl (C=O) groups excluding carboxylic acids is 2. The van der Waals surface area contributed by atoms with Crippen LogP contribution < -0.4 is 14.4 Å². The van der Waals surface area contributed by atoms with E-state index in [1.807, 2.05) is 26.8 Å². The first-order valence-electron chi connectivity index (χ1n) is 11.3. The standard InChI is InChI=1S/C27H28N2O5S/c1-18(30)19-9-8-10-21(15-19)28-26(31)25-17-29(35(32,33)22-11-6-5-7-12-22)23-16-20(27(2,3)4)13-14-24(23)34-25/h5-16,25H,17H2,1-4H3,(H,28,31). The van der Waals surface area contributed by atoms with E-state index in [0.29, 0.717) is 22.7 Å². The van der Waals surface area contributed by atoms with E-state index in [1.165, 1.54) is 23.4 Å². The van der Waals surface area contributed by atoms with Gasteiger partial charge in [-0.05, 0) is 54.3 Å². The Morgan fingerprint density at radius 2 is 1.69 bits per heavy atom. The number of ketones is 1. The smallest absolute Gasteiger partial charge is 0.267 e. The van der Waals surface area contributed by atoms with Crippen molar-refractivity contribution in [1.29, 1.82) is 0 Å². The van der Waals surface area contributed by atoms with Crippen molar-refractivity contribution in [1.82, 2.24) is 0 Å². The minimum Gasteiger partial charge on any atom is -0.476 e. The van der Waals surface area contributed by atoms with E-state index >= 15 is 0 Å². The van der Waals surface area contributed by atoms with E-state index in [-0.39, 0.29) is 22.6 Å². The number of nitrogens with one attached hydrogen (secondary N) is 1. The topological polar surface area (TPSA) is 92.8 Å². The molecular weight excluding hydrogens is 464 g/mol. The van der Waals surface area contributed by atoms with Gasteiger partial charge < -0.3 is 10.1 Å². The number of anilines is 2. The number of fused-ring (bicyclic) bond motifs is 1. The molecule has 3 aromatic rings. The van der Waals surface area contributed by atoms with E-state index in [0.717, 1.165) is 5.56 Å². The lowest BCUT2D eigenvalue weighted by atomic mass is 9.86. The van der Waals surface area contributed by atoms with Crippen LogP contribution in [0.25, 0.3) is 0 Å². The summed E-state index contributed by atoms with van der Waals surface area (Å²) in [5.41, 5.74) is 2.01. The molecule has 0 spiro atoms. The molecule has 1 aliphatic heterocycles. The summed E-state index contributed by atoms with van der Waals surface area (Å²) in [7, 11) is -3.97. The molecule has 0 bridgehead atoms. The van der Waals surface area contributed by atoms with Crippen LogP contribution in [0.1, 0.15) is 43.6 Å². The highest BCUT2D eigenvalue weighted by atomic mass is 32.2. The highest BCUT2D eigenvalue weighted by Gasteiger charge is 2.38. The monoisotopic (exact) mass is 492 g/mol. The molecule has 35 heavy (non-hydrogen) atoms. The second-order valence-electron chi connectivity index (χ2n) is 9.51. The predicted octanol–water partition coefficient (Wildman–Crippen LogP) is 4.78. The largest absolute Gasteiger partial charge is 0.476 e. The summed E-state index contributed by atoms with van der Waals surface area (Å²) in [6, 6.07) is 20.1. The first-order chi connectivity index (χ1) is 16.5. The van der Waals surface area contributed by atoms with Crippen molar-refractivity contribution in [3.05, 3.63) is 83.9 Å². The molecule has 0 aliphatic carbocycles. The zero-order chi connectivity index (χ0) is 25.4. The van der Waals surface area contributed by atoms with Crippen LogP contribution in [0.2, 0.25) is 0 Å². The molecule has 0 radical (unpaired) electrons. The lowest BCUT2D eigenvalue weighted by Crippen LogP contribution is -2.49. The third-order valence-corrected chi connectivity index (χ3v) is 7.65. The summed E-state index contributed by atoms with van der Waals surface area (Å²) < 4.78 is 34.5. The van der Waals surface area contributed by atoms with E-state index in [9.17, 15) is 18.0 Å². The van der Waals surface area contributed by atoms with Gasteiger partial charge in [0.2, 0.25) is 0 Å². The molecule has 1 N–H and O–H groups in total. The number of rotatable bonds is 5. The summed E-state index contributed by atoms with van der Waals surface area (Å²) in [6.45, 7) is 7.37. The minimum absolute atomic E-state index is 0.126. The van der Waals surface area contributed by atoms with Gasteiger partial charge >= 0.3 is 0 Å². The summed E-state index contributed by atoms with van der Waals surface area (Å²) in [4.78, 5) is 25.0. The fourth-order valence-corrected chi connectivity index (χ4v) is 5.33. The van der Waals surface area contributed by atoms with E-state index < -0.39 is 22.0 Å². The van der Waals surface area contributed by atoms with Crippen molar-refractivity contribution in [3.63, 3.8) is 0 Å². The summed E-state index contributed by atoms with van der Waals surface area (Å²) in [6.07, 6.45) is -1.09. The van der Waals surface area contributed by atoms with Crippen LogP contribution in [-0.2, 0) is 20.2 Å². The van der Waals surface area contributed by atoms with Gasteiger partial charge in [-0.25, -0.2) is 8.42 Å². The summed E-state index contributed by atoms with van der Waals surface area (Å²) in [5, 5.41) is 2.75. The number of Topliss-reactive ketones (excluding diaryl/α,β-unsaturated/α-hetero) is 1. The zero-order valence-corrected chi connectivity index (χ0v) is 20.9. The van der Waals surface area contributed by atoms with Crippen molar-refractivity contribution >= 4 is 33.1 Å². The van der Waals surface area contributed by atoms with Crippen LogP contribution in [0.4, 0.5) is 11.4 Å². The first-order valence-corrected chi connectivity index (χ1v) is 12.7. The van der Waals surface area contributed by atoms with Gasteiger partial charge in [0.1, 0.15) is 5.75 Å². The number of sulfonamides is 1. The second kappa shape index (κ2) is 9.19. The highest BCUT2D eigenvalue weighted by molar-refractivity contribution is 7.92. The number of hydrogen-bond donors (Lipinski definition) is 1. The number of amides is 1. The van der Waals surface area contributed by atoms with Crippen molar-refractivity contribution in [2.24, 2.45) is 0 Å². The fourth-order valence-electron chi connectivity index (χ4n) is 3.84. The third-order valence-electron chi connectivity index (χ3n) is 5.85. The number of carbonyl (C=O) groups is 2. The molecule has 182 valence electrons. The van der Waals surface area contributed by atoms with E-state index in [1.54, 1.807) is 54.6 Å². The third kappa shape index (κ3) is 5.07. The van der Waals surface area contributed by atoms with Crippen molar-refractivity contribution < 1.29 is 22.7 Å². The highest BCUT2D eigenvalue weighted by Crippen LogP contribution is 2.40. The van der Waals surface area contributed by atoms with Gasteiger partial charge in [-0.2, -0.15) is 0 Å². The normalized spacial score (nSPS) is 15.7. The first kappa shape index (κ1) is 24.5. The molecule has 3 aromatic carbocycles. The summed E-state index contributed by atoms with van der Waals surface area (Å²) in [5.74, 6) is -0.329. The minimum atomic E-state index is -3.97. The Bertz CT molecular complexity index is 1380. The molecule has 7 nitrogen and oxygen atoms in total. The Balaban J connectivity index is 1.72. The average molecular weight is 493 g/mol. The molecular formula is C27H28N2O5S. The van der Waals surface area contributed by atoms with Gasteiger partial charge in [-0.1, -0.05) is 57.2 Å². The predicted molar refractivity (Wildman–Crippen MR) is 136 cm³/mol. The van der Waals surface area contributed by atoms with Crippen LogP contribution in [0.5, 0.6) is 5.75 Å². The molecule has 1 heterocycles. The Hall–Kier alpha value is -3.65. The SMILES string of the molecule is CC(=O)c1cccc(NC(=O)C2CN(S(=O)(=O)c3ccccc3)c3cc(C(C)(C)C)ccc3O2)c1. The van der Waals surface area contributed by atoms with Gasteiger partial charge in [0.05, 0.1) is 17.1 Å². The molecule has 0 fully saturated rings. The maximum atomic E-state index is 13.7. The molecule has 8 heteroatoms. The number of hydrogen-bond acceptors (Lipinski definition) is 5. The Morgan fingerprint density at radius 3 is 2.34 bits per heavy atom. The summed E-state index contributed by atoms with van der Waals surface area (Å²) >= 11 is 0. The van der Waals surface area contributed by atoms with Gasteiger partial charge in [-0.15, -0.1) is 0 Å². The van der Waals surface area contributed by atoms with Crippen LogP contribution in [0.3, 0.4) is 0 Å². The van der Waals surface area contributed by atoms with Gasteiger partial charge in [0.25, 0.3) is 15.9 Å². The lowest BCUT2D eigenvalue weighted by Gasteiger charge is -2.36. The molecule has 1 aliphatic rings. The number of nitrogens with zero attached hydrogens (tertiary/aromatic N) is 1. The Labute approximate surface area is 205 Å². The van der Waals surface area contributed by atoms with Crippen molar-refractivity contribution in [3.8, 4) is 5.75 Å². The molecule has 1 amide bonds. The number of benzene rings is 3. The molecule has 0 saturated carbocycles. The quantitative estimate of drug-likeness (QED) is 0.518. The molecule has 0 saturated heterocycles. The van der Waals surface area contributed by atoms with Crippen LogP contribution in [0.15, 0.2) is 77.7 Å². The molecule has 0 aromatic heterocycles. The molecule has 4 rings (SSSR count). The van der Waals surface area contributed by atoms with Crippen molar-refractivity contribution in [2.45, 2.75) is 44.1 Å². The zero-order valence-electron chi connectivity index (χ0n) is 20.1. The Kier molecular flexibility index (Phi) is 6.42. The molecule has 1 atom stereocenters. The van der Waals surface area contributed by atoms with E-state index in [4.69, 9.17) is 4.74 Å². The van der Waals surface area contributed by atoms with Crippen LogP contribution >= 0.6 is 0 Å². The lowest BCUT2D eigenvalue weighted by molar-refractivity contribution is -0.122. The van der Waals surface area contributed by atoms with Crippen LogP contribution in [-0.4, -0.2) is 32.8 Å². The van der Waals surface area contributed by atoms with Gasteiger partial charge in [0.15, 0.2) is 11.9 Å². The van der Waals surface area contributed by atoms with Gasteiger partial charge in [0, 0.05) is 11.3 Å². The Morgan fingerprint density at radius 1 is 0.971 bits per heavy atom. The van der Waals surface area contributed by atoms with E-state index in [2.05, 4.69) is 5.32 Å². The maximum Gasteiger partial charge on any atom is 0.267 e. The van der Waals surface area contributed by atoms with Crippen molar-refractivity contribution in [2.75, 3.05) is 16.2 Å². The number of ether oxygens (including phenoxy) is 1. The van der Waals surface area contributed by atoms with Gasteiger partial charge in [-0.3, -0.25) is 13.9 Å². The van der Waals surface area contributed by atoms with Crippen LogP contribution in [0, 0.1) is 0 Å². The fraction of sp³-hybridized carbons (Fsp3) is 0.259. The molecule has 1 unspecified atom stereocenters. The second-order valence-corrected chi connectivity index (χ2v) is 11.4. The maximum absolute atomic E-state index is 13.7.